The molecule has 128 valence electrons. The Hall–Kier alpha value is -3.18. The smallest absolute Gasteiger partial charge is 0.348 e. The van der Waals surface area contributed by atoms with Gasteiger partial charge in [-0.25, -0.2) is 4.79 Å². The lowest BCUT2D eigenvalue weighted by Gasteiger charge is -2.07. The van der Waals surface area contributed by atoms with Gasteiger partial charge in [-0.15, -0.1) is 11.3 Å². The zero-order valence-electron chi connectivity index (χ0n) is 14.1. The molecule has 5 heteroatoms. The summed E-state index contributed by atoms with van der Waals surface area (Å²) >= 11 is 1.28. The molecule has 4 aromatic rings. The molecule has 0 amide bonds. The Bertz CT molecular complexity index is 1100. The average Bonchev–Trinajstić information content (AvgIpc) is 3.12. The predicted octanol–water partition coefficient (Wildman–Crippen LogP) is 5.37. The number of hydrogen-bond acceptors (Lipinski definition) is 4. The third kappa shape index (κ3) is 2.82. The highest BCUT2D eigenvalue weighted by molar-refractivity contribution is 7.18. The Balaban J connectivity index is 1.74. The number of carboxylic acids is 1. The minimum atomic E-state index is -0.912. The summed E-state index contributed by atoms with van der Waals surface area (Å²) in [6.07, 6.45) is 1.80. The first-order valence-electron chi connectivity index (χ1n) is 8.17. The monoisotopic (exact) mass is 360 g/mol. The van der Waals surface area contributed by atoms with Crippen molar-refractivity contribution in [2.24, 2.45) is 0 Å². The second kappa shape index (κ2) is 6.61. The molecule has 0 aliphatic carbocycles. The summed E-state index contributed by atoms with van der Waals surface area (Å²) in [6, 6.07) is 20.2. The van der Waals surface area contributed by atoms with E-state index in [4.69, 9.17) is 0 Å². The molecule has 4 nitrogen and oxygen atoms in total. The number of hydrogen-bond donors (Lipinski definition) is 2. The Morgan fingerprint density at radius 1 is 1.04 bits per heavy atom. The van der Waals surface area contributed by atoms with Crippen LogP contribution in [0.3, 0.4) is 0 Å². The van der Waals surface area contributed by atoms with Gasteiger partial charge >= 0.3 is 5.97 Å². The summed E-state index contributed by atoms with van der Waals surface area (Å²) in [5.74, 6) is -0.912. The maximum absolute atomic E-state index is 11.4. The molecule has 2 aromatic carbocycles. The van der Waals surface area contributed by atoms with E-state index in [2.05, 4.69) is 34.6 Å². The SMILES string of the molecule is CNc1cc(-c2ccc(-c3cccc4ncccc34)cc2)sc1C(=O)O. The first-order chi connectivity index (χ1) is 12.7. The molecule has 0 aliphatic rings. The highest BCUT2D eigenvalue weighted by atomic mass is 32.1. The molecule has 0 bridgehead atoms. The zero-order chi connectivity index (χ0) is 18.1. The van der Waals surface area contributed by atoms with E-state index < -0.39 is 5.97 Å². The first-order valence-corrected chi connectivity index (χ1v) is 8.98. The summed E-state index contributed by atoms with van der Waals surface area (Å²) < 4.78 is 0. The third-order valence-corrected chi connectivity index (χ3v) is 5.49. The maximum atomic E-state index is 11.4. The molecule has 2 heterocycles. The highest BCUT2D eigenvalue weighted by Crippen LogP contribution is 2.36. The van der Waals surface area contributed by atoms with Crippen LogP contribution in [0.25, 0.3) is 32.5 Å². The molecule has 4 rings (SSSR count). The molecular weight excluding hydrogens is 344 g/mol. The van der Waals surface area contributed by atoms with Gasteiger partial charge in [0.1, 0.15) is 4.88 Å². The molecule has 26 heavy (non-hydrogen) atoms. The van der Waals surface area contributed by atoms with Crippen molar-refractivity contribution in [3.63, 3.8) is 0 Å². The largest absolute Gasteiger partial charge is 0.477 e. The van der Waals surface area contributed by atoms with Gasteiger partial charge in [-0.2, -0.15) is 0 Å². The lowest BCUT2D eigenvalue weighted by Crippen LogP contribution is -1.97. The van der Waals surface area contributed by atoms with Crippen LogP contribution in [0.1, 0.15) is 9.67 Å². The number of aromatic carboxylic acids is 1. The number of rotatable bonds is 4. The van der Waals surface area contributed by atoms with Crippen molar-refractivity contribution in [3.05, 3.63) is 71.7 Å². The van der Waals surface area contributed by atoms with Crippen LogP contribution in [-0.2, 0) is 0 Å². The molecule has 0 atom stereocenters. The number of thiophene rings is 1. The fourth-order valence-electron chi connectivity index (χ4n) is 3.05. The van der Waals surface area contributed by atoms with Gasteiger partial charge in [0.15, 0.2) is 0 Å². The summed E-state index contributed by atoms with van der Waals surface area (Å²) in [4.78, 5) is 17.0. The van der Waals surface area contributed by atoms with E-state index in [9.17, 15) is 9.90 Å². The van der Waals surface area contributed by atoms with Crippen LogP contribution in [0.4, 0.5) is 5.69 Å². The fourth-order valence-corrected chi connectivity index (χ4v) is 4.06. The molecule has 2 aromatic heterocycles. The maximum Gasteiger partial charge on any atom is 0.348 e. The number of anilines is 1. The highest BCUT2D eigenvalue weighted by Gasteiger charge is 2.15. The van der Waals surface area contributed by atoms with E-state index in [1.54, 1.807) is 13.2 Å². The van der Waals surface area contributed by atoms with Gasteiger partial charge < -0.3 is 10.4 Å². The molecule has 0 spiro atoms. The predicted molar refractivity (Wildman–Crippen MR) is 107 cm³/mol. The van der Waals surface area contributed by atoms with Gasteiger partial charge in [-0.05, 0) is 34.9 Å². The van der Waals surface area contributed by atoms with Gasteiger partial charge in [0.2, 0.25) is 0 Å². The Morgan fingerprint density at radius 3 is 2.50 bits per heavy atom. The van der Waals surface area contributed by atoms with Crippen molar-refractivity contribution in [1.82, 2.24) is 4.98 Å². The van der Waals surface area contributed by atoms with E-state index in [1.807, 2.05) is 36.4 Å². The molecule has 0 saturated carbocycles. The third-order valence-electron chi connectivity index (χ3n) is 4.32. The Kier molecular flexibility index (Phi) is 4.14. The number of carboxylic acid groups (broad SMARTS) is 1. The second-order valence-corrected chi connectivity index (χ2v) is 6.91. The molecule has 0 fully saturated rings. The molecule has 0 unspecified atom stereocenters. The number of nitrogens with zero attached hydrogens (tertiary/aromatic N) is 1. The van der Waals surface area contributed by atoms with Crippen molar-refractivity contribution >= 4 is 33.9 Å². The second-order valence-electron chi connectivity index (χ2n) is 5.86. The lowest BCUT2D eigenvalue weighted by molar-refractivity contribution is 0.0703. The first kappa shape index (κ1) is 16.3. The normalized spacial score (nSPS) is 10.8. The Labute approximate surface area is 154 Å². The van der Waals surface area contributed by atoms with Gasteiger partial charge in [0.05, 0.1) is 11.2 Å². The lowest BCUT2D eigenvalue weighted by atomic mass is 9.99. The number of fused-ring (bicyclic) bond motifs is 1. The molecule has 0 aliphatic heterocycles. The van der Waals surface area contributed by atoms with E-state index in [-0.39, 0.29) is 0 Å². The number of aromatic nitrogens is 1. The number of pyridine rings is 1. The van der Waals surface area contributed by atoms with Crippen LogP contribution in [0.2, 0.25) is 0 Å². The van der Waals surface area contributed by atoms with E-state index in [0.29, 0.717) is 10.6 Å². The van der Waals surface area contributed by atoms with E-state index in [1.165, 1.54) is 11.3 Å². The van der Waals surface area contributed by atoms with Crippen LogP contribution in [-0.4, -0.2) is 23.1 Å². The van der Waals surface area contributed by atoms with Crippen molar-refractivity contribution in [2.45, 2.75) is 0 Å². The summed E-state index contributed by atoms with van der Waals surface area (Å²) in [7, 11) is 1.73. The molecule has 2 N–H and O–H groups in total. The fraction of sp³-hybridized carbons (Fsp3) is 0.0476. The average molecular weight is 360 g/mol. The van der Waals surface area contributed by atoms with Crippen LogP contribution < -0.4 is 5.32 Å². The van der Waals surface area contributed by atoms with Crippen molar-refractivity contribution < 1.29 is 9.90 Å². The van der Waals surface area contributed by atoms with Crippen LogP contribution in [0.5, 0.6) is 0 Å². The number of nitrogens with one attached hydrogen (secondary N) is 1. The minimum absolute atomic E-state index is 0.326. The summed E-state index contributed by atoms with van der Waals surface area (Å²) in [5, 5.41) is 13.4. The van der Waals surface area contributed by atoms with Crippen LogP contribution in [0, 0.1) is 0 Å². The van der Waals surface area contributed by atoms with Gasteiger partial charge in [-0.3, -0.25) is 4.98 Å². The Morgan fingerprint density at radius 2 is 1.81 bits per heavy atom. The molecule has 0 saturated heterocycles. The van der Waals surface area contributed by atoms with Crippen LogP contribution in [0.15, 0.2) is 66.9 Å². The van der Waals surface area contributed by atoms with Crippen molar-refractivity contribution in [3.8, 4) is 21.6 Å². The van der Waals surface area contributed by atoms with Crippen molar-refractivity contribution in [2.75, 3.05) is 12.4 Å². The molecular formula is C21H16N2O2S. The summed E-state index contributed by atoms with van der Waals surface area (Å²) in [6.45, 7) is 0. The minimum Gasteiger partial charge on any atom is -0.477 e. The summed E-state index contributed by atoms with van der Waals surface area (Å²) in [5.41, 5.74) is 4.85. The standard InChI is InChI=1S/C21H16N2O2S/c1-22-18-12-19(26-20(18)21(24)25)14-9-7-13(8-10-14)15-4-2-6-17-16(15)5-3-11-23-17/h2-12,22H,1H3,(H,24,25). The zero-order valence-corrected chi connectivity index (χ0v) is 14.9. The van der Waals surface area contributed by atoms with Crippen molar-refractivity contribution in [1.29, 1.82) is 0 Å². The quantitative estimate of drug-likeness (QED) is 0.513. The van der Waals surface area contributed by atoms with Gasteiger partial charge in [-0.1, -0.05) is 42.5 Å². The number of carbonyl (C=O) groups is 1. The number of benzene rings is 2. The van der Waals surface area contributed by atoms with Gasteiger partial charge in [0, 0.05) is 23.5 Å². The van der Waals surface area contributed by atoms with E-state index in [0.717, 1.165) is 32.5 Å². The van der Waals surface area contributed by atoms with Crippen LogP contribution >= 0.6 is 11.3 Å². The topological polar surface area (TPSA) is 62.2 Å². The molecule has 0 radical (unpaired) electrons. The van der Waals surface area contributed by atoms with Gasteiger partial charge in [0.25, 0.3) is 0 Å². The van der Waals surface area contributed by atoms with E-state index >= 15 is 0 Å².